The lowest BCUT2D eigenvalue weighted by molar-refractivity contribution is 0.397. The van der Waals surface area contributed by atoms with Gasteiger partial charge in [0.2, 0.25) is 10.0 Å². The van der Waals surface area contributed by atoms with Crippen molar-refractivity contribution in [3.63, 3.8) is 0 Å². The zero-order chi connectivity index (χ0) is 28.1. The predicted molar refractivity (Wildman–Crippen MR) is 155 cm³/mol. The Kier molecular flexibility index (Phi) is 8.00. The first-order chi connectivity index (χ1) is 19.4. The summed E-state index contributed by atoms with van der Waals surface area (Å²) in [5.74, 6) is 2.08. The van der Waals surface area contributed by atoms with Crippen molar-refractivity contribution >= 4 is 10.0 Å². The van der Waals surface area contributed by atoms with Crippen molar-refractivity contribution in [2.45, 2.75) is 24.9 Å². The number of hydrogen-bond acceptors (Lipinski definition) is 6. The van der Waals surface area contributed by atoms with Crippen LogP contribution in [-0.4, -0.2) is 32.1 Å². The molecule has 0 spiro atoms. The molecule has 1 heterocycles. The summed E-state index contributed by atoms with van der Waals surface area (Å²) in [6, 6.07) is 31.5. The molecule has 0 aliphatic heterocycles. The smallest absolute Gasteiger partial charge is 0.243 e. The normalized spacial score (nSPS) is 11.5. The molecule has 0 saturated carbocycles. The van der Waals surface area contributed by atoms with Crippen LogP contribution >= 0.6 is 0 Å². The van der Waals surface area contributed by atoms with Gasteiger partial charge in [-0.05, 0) is 60.0 Å². The third kappa shape index (κ3) is 5.78. The van der Waals surface area contributed by atoms with Gasteiger partial charge in [0.25, 0.3) is 0 Å². The van der Waals surface area contributed by atoms with Crippen molar-refractivity contribution in [3.8, 4) is 33.9 Å². The summed E-state index contributed by atoms with van der Waals surface area (Å²) in [6.45, 7) is 2.25. The maximum Gasteiger partial charge on any atom is 0.243 e. The molecule has 5 rings (SSSR count). The molecule has 0 radical (unpaired) electrons. The molecule has 40 heavy (non-hydrogen) atoms. The van der Waals surface area contributed by atoms with Crippen LogP contribution in [0.2, 0.25) is 0 Å². The molecular weight excluding hydrogens is 524 g/mol. The number of ether oxygens (including phenoxy) is 2. The van der Waals surface area contributed by atoms with Gasteiger partial charge in [0, 0.05) is 18.7 Å². The Balaban J connectivity index is 1.47. The molecular formula is C32H30N2O5S. The molecule has 4 aromatic carbocycles. The van der Waals surface area contributed by atoms with E-state index in [1.807, 2.05) is 85.8 Å². The molecule has 0 saturated heterocycles. The van der Waals surface area contributed by atoms with E-state index in [1.165, 1.54) is 4.31 Å². The van der Waals surface area contributed by atoms with E-state index >= 15 is 0 Å². The largest absolute Gasteiger partial charge is 0.497 e. The first kappa shape index (κ1) is 27.2. The van der Waals surface area contributed by atoms with Crippen LogP contribution in [0.15, 0.2) is 113 Å². The highest BCUT2D eigenvalue weighted by Crippen LogP contribution is 2.35. The molecule has 0 fully saturated rings. The van der Waals surface area contributed by atoms with Gasteiger partial charge in [-0.3, -0.25) is 0 Å². The minimum atomic E-state index is -3.86. The van der Waals surface area contributed by atoms with E-state index in [-0.39, 0.29) is 18.0 Å². The summed E-state index contributed by atoms with van der Waals surface area (Å²) in [7, 11) is -0.655. The number of aryl methyl sites for hydroxylation is 1. The molecule has 7 nitrogen and oxygen atoms in total. The summed E-state index contributed by atoms with van der Waals surface area (Å²) in [5.41, 5.74) is 5.01. The molecule has 0 bridgehead atoms. The average Bonchev–Trinajstić information content (AvgIpc) is 3.39. The van der Waals surface area contributed by atoms with Crippen molar-refractivity contribution in [2.24, 2.45) is 0 Å². The van der Waals surface area contributed by atoms with E-state index in [0.717, 1.165) is 27.8 Å². The highest BCUT2D eigenvalue weighted by molar-refractivity contribution is 7.89. The molecule has 0 unspecified atom stereocenters. The summed E-state index contributed by atoms with van der Waals surface area (Å²) < 4.78 is 45.5. The first-order valence-electron chi connectivity index (χ1n) is 12.8. The zero-order valence-electron chi connectivity index (χ0n) is 22.6. The number of benzene rings is 4. The van der Waals surface area contributed by atoms with Crippen LogP contribution in [0.1, 0.15) is 16.9 Å². The van der Waals surface area contributed by atoms with Crippen molar-refractivity contribution in [3.05, 3.63) is 120 Å². The van der Waals surface area contributed by atoms with E-state index in [0.29, 0.717) is 23.0 Å². The Labute approximate surface area is 234 Å². The minimum absolute atomic E-state index is 0.197. The predicted octanol–water partition coefficient (Wildman–Crippen LogP) is 6.73. The van der Waals surface area contributed by atoms with Crippen LogP contribution in [-0.2, 0) is 23.1 Å². The molecule has 0 amide bonds. The van der Waals surface area contributed by atoms with Gasteiger partial charge in [-0.15, -0.1) is 0 Å². The van der Waals surface area contributed by atoms with Crippen LogP contribution in [0.4, 0.5) is 0 Å². The summed E-state index contributed by atoms with van der Waals surface area (Å²) in [6.07, 6.45) is 0. The van der Waals surface area contributed by atoms with Gasteiger partial charge >= 0.3 is 0 Å². The number of aromatic nitrogens is 1. The van der Waals surface area contributed by atoms with Crippen LogP contribution in [0.5, 0.6) is 11.5 Å². The maximum atomic E-state index is 14.0. The van der Waals surface area contributed by atoms with Gasteiger partial charge in [0.05, 0.1) is 24.7 Å². The third-order valence-corrected chi connectivity index (χ3v) is 8.53. The Morgan fingerprint density at radius 2 is 1.23 bits per heavy atom. The molecule has 0 aliphatic carbocycles. The Morgan fingerprint density at radius 3 is 1.73 bits per heavy atom. The third-order valence-electron chi connectivity index (χ3n) is 6.73. The fourth-order valence-corrected chi connectivity index (χ4v) is 5.96. The molecule has 0 aliphatic rings. The monoisotopic (exact) mass is 554 g/mol. The lowest BCUT2D eigenvalue weighted by atomic mass is 10.00. The average molecular weight is 555 g/mol. The van der Waals surface area contributed by atoms with Gasteiger partial charge in [-0.25, -0.2) is 8.42 Å². The number of sulfonamides is 1. The van der Waals surface area contributed by atoms with Gasteiger partial charge in [0.1, 0.15) is 23.0 Å². The van der Waals surface area contributed by atoms with Crippen LogP contribution < -0.4 is 9.47 Å². The zero-order valence-corrected chi connectivity index (χ0v) is 23.4. The van der Waals surface area contributed by atoms with E-state index in [2.05, 4.69) is 5.16 Å². The minimum Gasteiger partial charge on any atom is -0.497 e. The highest BCUT2D eigenvalue weighted by Gasteiger charge is 2.26. The topological polar surface area (TPSA) is 81.9 Å². The lowest BCUT2D eigenvalue weighted by Crippen LogP contribution is -2.30. The van der Waals surface area contributed by atoms with Gasteiger partial charge in [-0.2, -0.15) is 4.31 Å². The Hall–Kier alpha value is -4.40. The molecule has 5 aromatic rings. The van der Waals surface area contributed by atoms with Gasteiger partial charge in [0.15, 0.2) is 0 Å². The van der Waals surface area contributed by atoms with Crippen molar-refractivity contribution < 1.29 is 22.4 Å². The molecule has 0 atom stereocenters. The number of hydrogen-bond donors (Lipinski definition) is 0. The second kappa shape index (κ2) is 11.8. The highest BCUT2D eigenvalue weighted by atomic mass is 32.2. The van der Waals surface area contributed by atoms with Crippen molar-refractivity contribution in [1.29, 1.82) is 0 Å². The van der Waals surface area contributed by atoms with E-state index in [9.17, 15) is 8.42 Å². The van der Waals surface area contributed by atoms with E-state index in [4.69, 9.17) is 14.0 Å². The Bertz CT molecular complexity index is 1610. The summed E-state index contributed by atoms with van der Waals surface area (Å²) in [5, 5.41) is 4.26. The van der Waals surface area contributed by atoms with Gasteiger partial charge < -0.3 is 14.0 Å². The molecule has 1 aromatic heterocycles. The van der Waals surface area contributed by atoms with Crippen molar-refractivity contribution in [2.75, 3.05) is 14.2 Å². The second-order valence-electron chi connectivity index (χ2n) is 9.32. The van der Waals surface area contributed by atoms with E-state index in [1.54, 1.807) is 38.5 Å². The number of methoxy groups -OCH3 is 2. The number of nitrogens with zero attached hydrogens (tertiary/aromatic N) is 2. The second-order valence-corrected chi connectivity index (χ2v) is 11.3. The fourth-order valence-electron chi connectivity index (χ4n) is 4.54. The SMILES string of the molecule is COc1ccc(CN(Cc2ccc(OC)cc2)S(=O)(=O)c2ccc(-c3c(-c4ccccc4)noc3C)cc2)cc1. The van der Waals surface area contributed by atoms with Crippen LogP contribution in [0.25, 0.3) is 22.4 Å². The van der Waals surface area contributed by atoms with Gasteiger partial charge in [-0.1, -0.05) is 71.9 Å². The standard InChI is InChI=1S/C32H30N2O5S/c1-23-31(32(33-39-23)27-7-5-4-6-8-27)26-13-19-30(20-14-26)40(35,36)34(21-24-9-15-28(37-2)16-10-24)22-25-11-17-29(38-3)18-12-25/h4-20H,21-22H2,1-3H3. The number of rotatable bonds is 10. The molecule has 204 valence electrons. The van der Waals surface area contributed by atoms with Crippen LogP contribution in [0.3, 0.4) is 0 Å². The lowest BCUT2D eigenvalue weighted by Gasteiger charge is -2.23. The van der Waals surface area contributed by atoms with E-state index < -0.39 is 10.0 Å². The summed E-state index contributed by atoms with van der Waals surface area (Å²) >= 11 is 0. The maximum absolute atomic E-state index is 14.0. The quantitative estimate of drug-likeness (QED) is 0.191. The fraction of sp³-hybridized carbons (Fsp3) is 0.156. The van der Waals surface area contributed by atoms with Crippen molar-refractivity contribution in [1.82, 2.24) is 9.46 Å². The first-order valence-corrected chi connectivity index (χ1v) is 14.2. The Morgan fingerprint density at radius 1 is 0.700 bits per heavy atom. The molecule has 0 N–H and O–H groups in total. The van der Waals surface area contributed by atoms with Crippen LogP contribution in [0, 0.1) is 6.92 Å². The molecule has 8 heteroatoms. The summed E-state index contributed by atoms with van der Waals surface area (Å²) in [4.78, 5) is 0.202.